The van der Waals surface area contributed by atoms with Crippen LogP contribution >= 0.6 is 46.4 Å². The van der Waals surface area contributed by atoms with Gasteiger partial charge in [0.05, 0.1) is 42.5 Å². The molecule has 0 aliphatic carbocycles. The van der Waals surface area contributed by atoms with Crippen LogP contribution < -0.4 is 0 Å². The van der Waals surface area contributed by atoms with Crippen molar-refractivity contribution >= 4 is 92.0 Å². The van der Waals surface area contributed by atoms with E-state index in [9.17, 15) is 0 Å². The van der Waals surface area contributed by atoms with Gasteiger partial charge in [-0.05, 0) is 54.6 Å². The first-order valence-electron chi connectivity index (χ1n) is 10.3. The number of halogens is 4. The van der Waals surface area contributed by atoms with Gasteiger partial charge in [-0.2, -0.15) is 0 Å². The molecule has 1 aromatic heterocycles. The molecule has 0 aliphatic rings. The fourth-order valence-electron chi connectivity index (χ4n) is 3.51. The van der Waals surface area contributed by atoms with Crippen LogP contribution in [0.25, 0.3) is 21.8 Å². The second-order valence-electron chi connectivity index (χ2n) is 7.53. The maximum Gasteiger partial charge on any atom is 0.0731 e. The van der Waals surface area contributed by atoms with Gasteiger partial charge in [-0.15, -0.1) is 0 Å². The normalized spacial score (nSPS) is 11.9. The van der Waals surface area contributed by atoms with E-state index in [1.165, 1.54) is 0 Å². The lowest BCUT2D eigenvalue weighted by molar-refractivity contribution is 1.46. The molecule has 5 aromatic rings. The summed E-state index contributed by atoms with van der Waals surface area (Å²) in [5.41, 5.74) is 4.50. The Morgan fingerprint density at radius 3 is 1.35 bits per heavy atom. The fraction of sp³-hybridized carbons (Fsp3) is 0. The summed E-state index contributed by atoms with van der Waals surface area (Å²) >= 11 is 25.0. The molecule has 7 heteroatoms. The van der Waals surface area contributed by atoms with Crippen LogP contribution in [0.5, 0.6) is 0 Å². The smallest absolute Gasteiger partial charge is 0.0731 e. The molecule has 166 valence electrons. The number of hydrogen-bond donors (Lipinski definition) is 0. The van der Waals surface area contributed by atoms with E-state index < -0.39 is 0 Å². The number of pyridine rings is 1. The van der Waals surface area contributed by atoms with Crippen LogP contribution in [0.1, 0.15) is 11.1 Å². The van der Waals surface area contributed by atoms with Crippen LogP contribution in [-0.2, 0) is 0 Å². The topological polar surface area (TPSA) is 37.6 Å². The highest BCUT2D eigenvalue weighted by atomic mass is 35.5. The largest absolute Gasteiger partial charge is 0.256 e. The van der Waals surface area contributed by atoms with Gasteiger partial charge in [0.25, 0.3) is 0 Å². The molecule has 3 nitrogen and oxygen atoms in total. The summed E-state index contributed by atoms with van der Waals surface area (Å²) in [6.45, 7) is 0. The lowest BCUT2D eigenvalue weighted by Crippen LogP contribution is -1.86. The molecular weight excluding hydrogens is 508 g/mol. The van der Waals surface area contributed by atoms with Crippen LogP contribution in [-0.4, -0.2) is 17.4 Å². The van der Waals surface area contributed by atoms with Crippen LogP contribution in [0.15, 0.2) is 88.8 Å². The molecule has 0 bridgehead atoms. The fourth-order valence-corrected chi connectivity index (χ4v) is 4.50. The number of nitrogens with zero attached hydrogens (tertiary/aromatic N) is 3. The predicted octanol–water partition coefficient (Wildman–Crippen LogP) is 9.50. The first-order valence-corrected chi connectivity index (χ1v) is 11.8. The van der Waals surface area contributed by atoms with Gasteiger partial charge in [0, 0.05) is 34.3 Å². The molecule has 5 rings (SSSR count). The summed E-state index contributed by atoms with van der Waals surface area (Å²) in [6.07, 6.45) is 3.33. The van der Waals surface area contributed by atoms with Gasteiger partial charge < -0.3 is 0 Å². The summed E-state index contributed by atoms with van der Waals surface area (Å²) in [4.78, 5) is 13.9. The zero-order valence-corrected chi connectivity index (χ0v) is 20.5. The number of benzene rings is 4. The molecule has 0 saturated heterocycles. The Labute approximate surface area is 216 Å². The minimum absolute atomic E-state index is 0.548. The Balaban J connectivity index is 1.49. The van der Waals surface area contributed by atoms with Crippen LogP contribution in [0.2, 0.25) is 20.1 Å². The number of hydrogen-bond acceptors (Lipinski definition) is 3. The van der Waals surface area contributed by atoms with E-state index in [0.29, 0.717) is 31.2 Å². The van der Waals surface area contributed by atoms with Crippen molar-refractivity contribution in [1.29, 1.82) is 0 Å². The minimum atomic E-state index is 0.548. The number of aromatic nitrogens is 1. The summed E-state index contributed by atoms with van der Waals surface area (Å²) in [5, 5.41) is 4.22. The van der Waals surface area contributed by atoms with Crippen molar-refractivity contribution in [2.24, 2.45) is 9.98 Å². The van der Waals surface area contributed by atoms with Crippen molar-refractivity contribution in [2.45, 2.75) is 0 Å². The molecule has 0 radical (unpaired) electrons. The lowest BCUT2D eigenvalue weighted by atomic mass is 10.1. The van der Waals surface area contributed by atoms with Gasteiger partial charge in [-0.1, -0.05) is 70.7 Å². The summed E-state index contributed by atoms with van der Waals surface area (Å²) < 4.78 is 0. The van der Waals surface area contributed by atoms with Gasteiger partial charge >= 0.3 is 0 Å². The first kappa shape index (κ1) is 22.8. The van der Waals surface area contributed by atoms with Crippen molar-refractivity contribution in [3.63, 3.8) is 0 Å². The van der Waals surface area contributed by atoms with Crippen LogP contribution in [0, 0.1) is 0 Å². The Bertz CT molecular complexity index is 1450. The third-order valence-electron chi connectivity index (χ3n) is 5.26. The molecule has 1 heterocycles. The molecule has 0 N–H and O–H groups in total. The highest BCUT2D eigenvalue weighted by molar-refractivity contribution is 6.39. The molecule has 4 aromatic carbocycles. The van der Waals surface area contributed by atoms with Crippen molar-refractivity contribution in [1.82, 2.24) is 4.98 Å². The third kappa shape index (κ3) is 4.79. The van der Waals surface area contributed by atoms with E-state index in [4.69, 9.17) is 51.4 Å². The lowest BCUT2D eigenvalue weighted by Gasteiger charge is -2.05. The maximum atomic E-state index is 6.24. The van der Waals surface area contributed by atoms with Gasteiger partial charge in [0.1, 0.15) is 0 Å². The zero-order valence-electron chi connectivity index (χ0n) is 17.5. The van der Waals surface area contributed by atoms with Crippen molar-refractivity contribution in [3.05, 3.63) is 110 Å². The summed E-state index contributed by atoms with van der Waals surface area (Å²) in [7, 11) is 0. The van der Waals surface area contributed by atoms with Crippen molar-refractivity contribution in [3.8, 4) is 0 Å². The molecule has 0 amide bonds. The van der Waals surface area contributed by atoms with E-state index in [0.717, 1.165) is 33.2 Å². The quantitative estimate of drug-likeness (QED) is 0.171. The molecule has 0 unspecified atom stereocenters. The SMILES string of the molecule is Clc1cccc(Cl)c1C=Nc1ccc2cc3ccc(N=Cc4c(Cl)cccc4Cl)cc3nc2c1. The standard InChI is InChI=1S/C27H15Cl4N3/c28-22-3-1-4-23(29)20(22)14-32-18-9-7-16-11-17-8-10-19(13-27(17)34-26(16)12-18)33-15-21-24(30)5-2-6-25(21)31/h1-15H. The zero-order chi connectivity index (χ0) is 23.7. The first-order chi connectivity index (χ1) is 16.5. The molecule has 0 spiro atoms. The number of rotatable bonds is 4. The van der Waals surface area contributed by atoms with Crippen LogP contribution in [0.3, 0.4) is 0 Å². The van der Waals surface area contributed by atoms with Gasteiger partial charge in [0.2, 0.25) is 0 Å². The monoisotopic (exact) mass is 521 g/mol. The van der Waals surface area contributed by atoms with Gasteiger partial charge in [0.15, 0.2) is 0 Å². The second kappa shape index (κ2) is 9.73. The third-order valence-corrected chi connectivity index (χ3v) is 6.58. The molecular formula is C27H15Cl4N3. The Hall–Kier alpha value is -2.95. The van der Waals surface area contributed by atoms with E-state index in [1.54, 1.807) is 48.8 Å². The van der Waals surface area contributed by atoms with E-state index in [1.807, 2.05) is 36.4 Å². The van der Waals surface area contributed by atoms with Crippen molar-refractivity contribution < 1.29 is 0 Å². The predicted molar refractivity (Wildman–Crippen MR) is 147 cm³/mol. The number of fused-ring (bicyclic) bond motifs is 2. The maximum absolute atomic E-state index is 6.24. The Kier molecular flexibility index (Phi) is 6.53. The molecule has 0 aliphatic heterocycles. The Morgan fingerprint density at radius 2 is 0.941 bits per heavy atom. The van der Waals surface area contributed by atoms with E-state index in [2.05, 4.69) is 16.1 Å². The summed E-state index contributed by atoms with van der Waals surface area (Å²) in [6, 6.07) is 24.5. The molecule has 34 heavy (non-hydrogen) atoms. The van der Waals surface area contributed by atoms with Crippen LogP contribution in [0.4, 0.5) is 11.4 Å². The van der Waals surface area contributed by atoms with Gasteiger partial charge in [-0.25, -0.2) is 4.98 Å². The second-order valence-corrected chi connectivity index (χ2v) is 9.16. The molecule has 0 saturated carbocycles. The average Bonchev–Trinajstić information content (AvgIpc) is 2.82. The highest BCUT2D eigenvalue weighted by Gasteiger charge is 2.06. The average molecular weight is 523 g/mol. The van der Waals surface area contributed by atoms with Crippen molar-refractivity contribution in [2.75, 3.05) is 0 Å². The van der Waals surface area contributed by atoms with Gasteiger partial charge in [-0.3, -0.25) is 9.98 Å². The Morgan fingerprint density at radius 1 is 0.529 bits per heavy atom. The minimum Gasteiger partial charge on any atom is -0.256 e. The summed E-state index contributed by atoms with van der Waals surface area (Å²) in [5.74, 6) is 0. The molecule has 0 atom stereocenters. The van der Waals surface area contributed by atoms with E-state index >= 15 is 0 Å². The van der Waals surface area contributed by atoms with E-state index in [-0.39, 0.29) is 0 Å². The highest BCUT2D eigenvalue weighted by Crippen LogP contribution is 2.28. The molecule has 0 fully saturated rings. The number of aliphatic imine (C=N–C) groups is 2.